The summed E-state index contributed by atoms with van der Waals surface area (Å²) in [6, 6.07) is 8.50. The summed E-state index contributed by atoms with van der Waals surface area (Å²) >= 11 is 5.03. The van der Waals surface area contributed by atoms with Crippen LogP contribution in [0.5, 0.6) is 0 Å². The quantitative estimate of drug-likeness (QED) is 0.508. The molecule has 2 N–H and O–H groups in total. The van der Waals surface area contributed by atoms with Gasteiger partial charge in [0.1, 0.15) is 0 Å². The summed E-state index contributed by atoms with van der Waals surface area (Å²) in [5.74, 6) is 0. The molecule has 1 heterocycles. The van der Waals surface area contributed by atoms with Crippen LogP contribution in [0.3, 0.4) is 0 Å². The molecule has 0 aliphatic carbocycles. The lowest BCUT2D eigenvalue weighted by molar-refractivity contribution is 0.578. The smallest absolute Gasteiger partial charge is 0.186 e. The number of hydrazone groups is 1. The summed E-state index contributed by atoms with van der Waals surface area (Å²) in [5, 5.41) is 7.64. The Balaban J connectivity index is 1.87. The molecule has 0 bridgehead atoms. The standard InChI is InChI=1S/C15H22N4S/c1-2-16-15(20)18-17-12-13-6-8-14(9-7-13)19-10-4-3-5-11-19/h6-9,12H,2-5,10-11H2,1H3,(H2,16,18,20)/b17-12-. The number of anilines is 1. The fraction of sp³-hybridized carbons (Fsp3) is 0.467. The van der Waals surface area contributed by atoms with Gasteiger partial charge in [-0.1, -0.05) is 12.1 Å². The Morgan fingerprint density at radius 2 is 1.95 bits per heavy atom. The van der Waals surface area contributed by atoms with Crippen LogP contribution < -0.4 is 15.6 Å². The van der Waals surface area contributed by atoms with Gasteiger partial charge < -0.3 is 10.2 Å². The summed E-state index contributed by atoms with van der Waals surface area (Å²) in [7, 11) is 0. The van der Waals surface area contributed by atoms with E-state index in [1.165, 1.54) is 38.0 Å². The molecule has 1 aliphatic heterocycles. The fourth-order valence-corrected chi connectivity index (χ4v) is 2.49. The van der Waals surface area contributed by atoms with Gasteiger partial charge in [-0.15, -0.1) is 0 Å². The van der Waals surface area contributed by atoms with Gasteiger partial charge in [-0.05, 0) is 56.1 Å². The SMILES string of the molecule is CCNC(=S)N/N=C\c1ccc(N2CCCCC2)cc1. The molecule has 20 heavy (non-hydrogen) atoms. The topological polar surface area (TPSA) is 39.7 Å². The Morgan fingerprint density at radius 3 is 2.60 bits per heavy atom. The molecule has 1 aliphatic rings. The normalized spacial score (nSPS) is 15.3. The van der Waals surface area contributed by atoms with E-state index in [1.807, 2.05) is 6.92 Å². The van der Waals surface area contributed by atoms with Crippen molar-refractivity contribution in [2.75, 3.05) is 24.5 Å². The van der Waals surface area contributed by atoms with Gasteiger partial charge >= 0.3 is 0 Å². The molecule has 0 radical (unpaired) electrons. The number of hydrogen-bond donors (Lipinski definition) is 2. The highest BCUT2D eigenvalue weighted by Crippen LogP contribution is 2.19. The van der Waals surface area contributed by atoms with Crippen LogP contribution in [0.1, 0.15) is 31.7 Å². The van der Waals surface area contributed by atoms with Crippen LogP contribution in [0.4, 0.5) is 5.69 Å². The van der Waals surface area contributed by atoms with Crippen molar-refractivity contribution in [3.63, 3.8) is 0 Å². The van der Waals surface area contributed by atoms with Crippen molar-refractivity contribution in [3.8, 4) is 0 Å². The van der Waals surface area contributed by atoms with Gasteiger partial charge in [-0.25, -0.2) is 0 Å². The predicted molar refractivity (Wildman–Crippen MR) is 89.5 cm³/mol. The fourth-order valence-electron chi connectivity index (χ4n) is 2.29. The summed E-state index contributed by atoms with van der Waals surface area (Å²) in [6.45, 7) is 5.14. The molecule has 1 aromatic rings. The number of hydrogen-bond acceptors (Lipinski definition) is 3. The van der Waals surface area contributed by atoms with Crippen molar-refractivity contribution in [1.82, 2.24) is 10.7 Å². The maximum absolute atomic E-state index is 5.03. The highest BCUT2D eigenvalue weighted by Gasteiger charge is 2.09. The van der Waals surface area contributed by atoms with E-state index in [2.05, 4.69) is 45.0 Å². The second-order valence-corrected chi connectivity index (χ2v) is 5.28. The largest absolute Gasteiger partial charge is 0.372 e. The van der Waals surface area contributed by atoms with Gasteiger partial charge in [0.25, 0.3) is 0 Å². The van der Waals surface area contributed by atoms with Crippen LogP contribution in [-0.2, 0) is 0 Å². The molecule has 4 nitrogen and oxygen atoms in total. The average molecular weight is 290 g/mol. The van der Waals surface area contributed by atoms with E-state index >= 15 is 0 Å². The van der Waals surface area contributed by atoms with Crippen LogP contribution in [0.15, 0.2) is 29.4 Å². The van der Waals surface area contributed by atoms with Gasteiger partial charge in [0.15, 0.2) is 5.11 Å². The van der Waals surface area contributed by atoms with Crippen molar-refractivity contribution < 1.29 is 0 Å². The molecule has 0 aromatic heterocycles. The molecule has 1 fully saturated rings. The van der Waals surface area contributed by atoms with Crippen molar-refractivity contribution >= 4 is 29.2 Å². The van der Waals surface area contributed by atoms with Crippen LogP contribution in [0, 0.1) is 0 Å². The molecule has 1 saturated heterocycles. The lowest BCUT2D eigenvalue weighted by atomic mass is 10.1. The zero-order valence-corrected chi connectivity index (χ0v) is 12.7. The summed E-state index contributed by atoms with van der Waals surface area (Å²) in [4.78, 5) is 2.45. The Morgan fingerprint density at radius 1 is 1.25 bits per heavy atom. The number of piperidine rings is 1. The summed E-state index contributed by atoms with van der Waals surface area (Å²) in [6.07, 6.45) is 5.74. The van der Waals surface area contributed by atoms with Gasteiger partial charge in [-0.2, -0.15) is 5.10 Å². The Hall–Kier alpha value is -1.62. The Bertz CT molecular complexity index is 449. The molecule has 0 atom stereocenters. The lowest BCUT2D eigenvalue weighted by Crippen LogP contribution is -2.31. The van der Waals surface area contributed by atoms with E-state index < -0.39 is 0 Å². The number of rotatable bonds is 4. The van der Waals surface area contributed by atoms with Crippen molar-refractivity contribution in [2.45, 2.75) is 26.2 Å². The minimum absolute atomic E-state index is 0.550. The first-order valence-electron chi connectivity index (χ1n) is 7.21. The van der Waals surface area contributed by atoms with Gasteiger partial charge in [-0.3, -0.25) is 5.43 Å². The molecule has 0 amide bonds. The van der Waals surface area contributed by atoms with Crippen LogP contribution >= 0.6 is 12.2 Å². The molecule has 2 rings (SSSR count). The lowest BCUT2D eigenvalue weighted by Gasteiger charge is -2.28. The van der Waals surface area contributed by atoms with E-state index in [4.69, 9.17) is 12.2 Å². The zero-order valence-electron chi connectivity index (χ0n) is 11.9. The van der Waals surface area contributed by atoms with E-state index in [9.17, 15) is 0 Å². The van der Waals surface area contributed by atoms with E-state index in [0.29, 0.717) is 5.11 Å². The summed E-state index contributed by atoms with van der Waals surface area (Å²) in [5.41, 5.74) is 5.16. The van der Waals surface area contributed by atoms with E-state index in [0.717, 1.165) is 12.1 Å². The minimum Gasteiger partial charge on any atom is -0.372 e. The van der Waals surface area contributed by atoms with E-state index in [1.54, 1.807) is 6.21 Å². The van der Waals surface area contributed by atoms with Crippen molar-refractivity contribution in [1.29, 1.82) is 0 Å². The third-order valence-electron chi connectivity index (χ3n) is 3.33. The maximum atomic E-state index is 5.03. The van der Waals surface area contributed by atoms with Crippen molar-refractivity contribution in [3.05, 3.63) is 29.8 Å². The Kier molecular flexibility index (Phi) is 5.80. The molecule has 0 spiro atoms. The first-order chi connectivity index (χ1) is 9.79. The number of nitrogens with one attached hydrogen (secondary N) is 2. The third kappa shape index (κ3) is 4.49. The predicted octanol–water partition coefficient (Wildman–Crippen LogP) is 2.49. The zero-order chi connectivity index (χ0) is 14.2. The molecule has 108 valence electrons. The van der Waals surface area contributed by atoms with E-state index in [-0.39, 0.29) is 0 Å². The highest BCUT2D eigenvalue weighted by atomic mass is 32.1. The van der Waals surface area contributed by atoms with Gasteiger partial charge in [0.05, 0.1) is 6.21 Å². The number of benzene rings is 1. The van der Waals surface area contributed by atoms with Crippen LogP contribution in [0.2, 0.25) is 0 Å². The third-order valence-corrected chi connectivity index (χ3v) is 3.57. The minimum atomic E-state index is 0.550. The molecule has 0 saturated carbocycles. The second-order valence-electron chi connectivity index (χ2n) is 4.87. The van der Waals surface area contributed by atoms with Crippen molar-refractivity contribution in [2.24, 2.45) is 5.10 Å². The average Bonchev–Trinajstić information content (AvgIpc) is 2.49. The molecular weight excluding hydrogens is 268 g/mol. The van der Waals surface area contributed by atoms with Gasteiger partial charge in [0, 0.05) is 25.3 Å². The molecule has 0 unspecified atom stereocenters. The first kappa shape index (κ1) is 14.8. The summed E-state index contributed by atoms with van der Waals surface area (Å²) < 4.78 is 0. The number of nitrogens with zero attached hydrogens (tertiary/aromatic N) is 2. The molecule has 1 aromatic carbocycles. The van der Waals surface area contributed by atoms with Crippen LogP contribution in [0.25, 0.3) is 0 Å². The monoisotopic (exact) mass is 290 g/mol. The number of thiocarbonyl (C=S) groups is 1. The van der Waals surface area contributed by atoms with Crippen LogP contribution in [-0.4, -0.2) is 31.0 Å². The first-order valence-corrected chi connectivity index (χ1v) is 7.62. The second kappa shape index (κ2) is 7.85. The highest BCUT2D eigenvalue weighted by molar-refractivity contribution is 7.80. The Labute approximate surface area is 126 Å². The molecule has 5 heteroatoms. The molecular formula is C15H22N4S. The van der Waals surface area contributed by atoms with Gasteiger partial charge in [0.2, 0.25) is 0 Å². The maximum Gasteiger partial charge on any atom is 0.186 e.